The topological polar surface area (TPSA) is 35.5 Å². The maximum absolute atomic E-state index is 9.80. The number of aliphatic hydroxyl groups excluding tert-OH is 1. The van der Waals surface area contributed by atoms with E-state index in [0.29, 0.717) is 6.54 Å². The summed E-state index contributed by atoms with van der Waals surface area (Å²) >= 11 is 0. The van der Waals surface area contributed by atoms with Crippen molar-refractivity contribution in [3.63, 3.8) is 0 Å². The van der Waals surface area contributed by atoms with Crippen molar-refractivity contribution in [2.45, 2.75) is 18.9 Å². The zero-order chi connectivity index (χ0) is 11.4. The number of rotatable bonds is 4. The Kier molecular flexibility index (Phi) is 3.80. The number of nitrogens with one attached hydrogen (secondary N) is 1. The van der Waals surface area contributed by atoms with Gasteiger partial charge in [-0.3, -0.25) is 0 Å². The Bertz CT molecular complexity index is 317. The molecule has 1 atom stereocenters. The molecule has 1 aliphatic heterocycles. The Morgan fingerprint density at radius 2 is 1.88 bits per heavy atom. The summed E-state index contributed by atoms with van der Waals surface area (Å²) < 4.78 is 0. The van der Waals surface area contributed by atoms with Gasteiger partial charge >= 0.3 is 0 Å². The molecule has 1 heterocycles. The average Bonchev–Trinajstić information content (AvgIpc) is 2.83. The number of nitrogens with zero attached hydrogens (tertiary/aromatic N) is 1. The molecule has 0 unspecified atom stereocenters. The van der Waals surface area contributed by atoms with Crippen LogP contribution < -0.4 is 10.2 Å². The van der Waals surface area contributed by atoms with Crippen molar-refractivity contribution in [1.29, 1.82) is 0 Å². The Hall–Kier alpha value is -1.06. The molecule has 1 aromatic carbocycles. The third-order valence-corrected chi connectivity index (χ3v) is 3.15. The maximum Gasteiger partial charge on any atom is 0.0914 e. The van der Waals surface area contributed by atoms with E-state index in [1.54, 1.807) is 0 Å². The van der Waals surface area contributed by atoms with Gasteiger partial charge in [0.2, 0.25) is 0 Å². The first kappa shape index (κ1) is 11.4. The smallest absolute Gasteiger partial charge is 0.0914 e. The lowest BCUT2D eigenvalue weighted by Crippen LogP contribution is -2.18. The van der Waals surface area contributed by atoms with E-state index in [4.69, 9.17) is 0 Å². The van der Waals surface area contributed by atoms with Crippen LogP contribution in [0.4, 0.5) is 5.69 Å². The largest absolute Gasteiger partial charge is 0.387 e. The summed E-state index contributed by atoms with van der Waals surface area (Å²) in [5, 5.41) is 12.8. The molecule has 1 aromatic rings. The molecular formula is C13H20N2O. The predicted octanol–water partition coefficient (Wildman–Crippen LogP) is 1.54. The van der Waals surface area contributed by atoms with Gasteiger partial charge in [0.25, 0.3) is 0 Å². The van der Waals surface area contributed by atoms with E-state index in [0.717, 1.165) is 5.56 Å². The minimum atomic E-state index is -0.405. The quantitative estimate of drug-likeness (QED) is 0.808. The van der Waals surface area contributed by atoms with Gasteiger partial charge in [0, 0.05) is 25.3 Å². The molecule has 0 radical (unpaired) electrons. The number of likely N-dealkylation sites (N-methyl/N-ethyl adjacent to an activating group) is 1. The van der Waals surface area contributed by atoms with Gasteiger partial charge in [-0.1, -0.05) is 12.1 Å². The molecule has 1 fully saturated rings. The van der Waals surface area contributed by atoms with E-state index in [9.17, 15) is 5.11 Å². The summed E-state index contributed by atoms with van der Waals surface area (Å²) in [5.74, 6) is 0. The van der Waals surface area contributed by atoms with Crippen LogP contribution in [0, 0.1) is 0 Å². The fourth-order valence-electron chi connectivity index (χ4n) is 2.19. The second-order valence-corrected chi connectivity index (χ2v) is 4.36. The van der Waals surface area contributed by atoms with Crippen molar-refractivity contribution < 1.29 is 5.11 Å². The summed E-state index contributed by atoms with van der Waals surface area (Å²) in [6.07, 6.45) is 2.19. The molecule has 3 nitrogen and oxygen atoms in total. The van der Waals surface area contributed by atoms with Crippen LogP contribution in [0.1, 0.15) is 24.5 Å². The monoisotopic (exact) mass is 220 g/mol. The SMILES string of the molecule is CNC[C@@H](O)c1ccc(N2CCCC2)cc1. The normalized spacial score (nSPS) is 17.8. The first-order chi connectivity index (χ1) is 7.81. The molecule has 16 heavy (non-hydrogen) atoms. The van der Waals surface area contributed by atoms with Crippen LogP contribution in [-0.4, -0.2) is 31.8 Å². The number of benzene rings is 1. The first-order valence-corrected chi connectivity index (χ1v) is 5.99. The number of anilines is 1. The fourth-order valence-corrected chi connectivity index (χ4v) is 2.19. The third kappa shape index (κ3) is 2.54. The third-order valence-electron chi connectivity index (χ3n) is 3.15. The van der Waals surface area contributed by atoms with Crippen LogP contribution >= 0.6 is 0 Å². The van der Waals surface area contributed by atoms with E-state index >= 15 is 0 Å². The van der Waals surface area contributed by atoms with Gasteiger partial charge in [-0.25, -0.2) is 0 Å². The second-order valence-electron chi connectivity index (χ2n) is 4.36. The first-order valence-electron chi connectivity index (χ1n) is 5.99. The van der Waals surface area contributed by atoms with Crippen LogP contribution in [0.15, 0.2) is 24.3 Å². The molecule has 0 spiro atoms. The summed E-state index contributed by atoms with van der Waals surface area (Å²) in [7, 11) is 1.85. The standard InChI is InChI=1S/C13H20N2O/c1-14-10-13(16)11-4-6-12(7-5-11)15-8-2-3-9-15/h4-7,13-14,16H,2-3,8-10H2,1H3/t13-/m1/s1. The van der Waals surface area contributed by atoms with Gasteiger partial charge in [0.15, 0.2) is 0 Å². The van der Waals surface area contributed by atoms with Gasteiger partial charge in [-0.05, 0) is 37.6 Å². The van der Waals surface area contributed by atoms with Crippen molar-refractivity contribution in [2.75, 3.05) is 31.6 Å². The Balaban J connectivity index is 2.03. The molecule has 1 aliphatic rings. The average molecular weight is 220 g/mol. The molecule has 0 saturated carbocycles. The van der Waals surface area contributed by atoms with Crippen LogP contribution in [0.3, 0.4) is 0 Å². The highest BCUT2D eigenvalue weighted by atomic mass is 16.3. The van der Waals surface area contributed by atoms with Gasteiger partial charge in [-0.2, -0.15) is 0 Å². The highest BCUT2D eigenvalue weighted by Crippen LogP contribution is 2.22. The molecular weight excluding hydrogens is 200 g/mol. The van der Waals surface area contributed by atoms with Crippen molar-refractivity contribution in [3.05, 3.63) is 29.8 Å². The van der Waals surface area contributed by atoms with E-state index in [1.807, 2.05) is 19.2 Å². The molecule has 3 heteroatoms. The van der Waals surface area contributed by atoms with Crippen molar-refractivity contribution in [2.24, 2.45) is 0 Å². The second kappa shape index (κ2) is 5.32. The van der Waals surface area contributed by atoms with Gasteiger partial charge < -0.3 is 15.3 Å². The molecule has 0 amide bonds. The Morgan fingerprint density at radius 1 is 1.25 bits per heavy atom. The van der Waals surface area contributed by atoms with E-state index in [2.05, 4.69) is 22.3 Å². The summed E-state index contributed by atoms with van der Waals surface area (Å²) in [5.41, 5.74) is 2.26. The molecule has 2 rings (SSSR count). The van der Waals surface area contributed by atoms with Crippen molar-refractivity contribution in [1.82, 2.24) is 5.32 Å². The van der Waals surface area contributed by atoms with E-state index in [1.165, 1.54) is 31.6 Å². The summed E-state index contributed by atoms with van der Waals surface area (Å²) in [6.45, 7) is 2.93. The Labute approximate surface area is 97.1 Å². The summed E-state index contributed by atoms with van der Waals surface area (Å²) in [6, 6.07) is 8.27. The lowest BCUT2D eigenvalue weighted by molar-refractivity contribution is 0.178. The lowest BCUT2D eigenvalue weighted by Gasteiger charge is -2.18. The molecule has 2 N–H and O–H groups in total. The van der Waals surface area contributed by atoms with Crippen molar-refractivity contribution >= 4 is 5.69 Å². The van der Waals surface area contributed by atoms with Crippen LogP contribution in [0.5, 0.6) is 0 Å². The van der Waals surface area contributed by atoms with Crippen LogP contribution in [0.25, 0.3) is 0 Å². The lowest BCUT2D eigenvalue weighted by atomic mass is 10.1. The maximum atomic E-state index is 9.80. The van der Waals surface area contributed by atoms with Crippen LogP contribution in [0.2, 0.25) is 0 Å². The van der Waals surface area contributed by atoms with Gasteiger partial charge in [-0.15, -0.1) is 0 Å². The number of aliphatic hydroxyl groups is 1. The Morgan fingerprint density at radius 3 is 2.44 bits per heavy atom. The van der Waals surface area contributed by atoms with Gasteiger partial charge in [0.05, 0.1) is 6.10 Å². The van der Waals surface area contributed by atoms with E-state index in [-0.39, 0.29) is 0 Å². The van der Waals surface area contributed by atoms with Crippen LogP contribution in [-0.2, 0) is 0 Å². The highest BCUT2D eigenvalue weighted by Gasteiger charge is 2.12. The number of hydrogen-bond acceptors (Lipinski definition) is 3. The van der Waals surface area contributed by atoms with E-state index < -0.39 is 6.10 Å². The molecule has 0 bridgehead atoms. The zero-order valence-corrected chi connectivity index (χ0v) is 9.82. The number of hydrogen-bond donors (Lipinski definition) is 2. The fraction of sp³-hybridized carbons (Fsp3) is 0.538. The minimum Gasteiger partial charge on any atom is -0.387 e. The molecule has 0 aromatic heterocycles. The van der Waals surface area contributed by atoms with Gasteiger partial charge in [0.1, 0.15) is 0 Å². The molecule has 0 aliphatic carbocycles. The highest BCUT2D eigenvalue weighted by molar-refractivity contribution is 5.48. The zero-order valence-electron chi connectivity index (χ0n) is 9.82. The molecule has 88 valence electrons. The van der Waals surface area contributed by atoms with Crippen molar-refractivity contribution in [3.8, 4) is 0 Å². The summed E-state index contributed by atoms with van der Waals surface area (Å²) in [4.78, 5) is 2.40. The predicted molar refractivity (Wildman–Crippen MR) is 66.8 cm³/mol. The minimum absolute atomic E-state index is 0.405. The molecule has 1 saturated heterocycles.